The topological polar surface area (TPSA) is 51.2 Å². The molecule has 34 heavy (non-hydrogen) atoms. The molecule has 0 spiro atoms. The van der Waals surface area contributed by atoms with Gasteiger partial charge in [0.15, 0.2) is 0 Å². The van der Waals surface area contributed by atoms with Gasteiger partial charge < -0.3 is 10.1 Å². The fourth-order valence-corrected chi connectivity index (χ4v) is 4.45. The SMILES string of the molecule is CCCCCCOc1ccc(C(=O)NCc2ccc(-c3nc(-c4ccccc4)cs3)cc2)cc1. The van der Waals surface area contributed by atoms with Crippen LogP contribution in [0, 0.1) is 0 Å². The van der Waals surface area contributed by atoms with E-state index in [-0.39, 0.29) is 5.91 Å². The van der Waals surface area contributed by atoms with E-state index in [0.717, 1.165) is 46.2 Å². The Morgan fingerprint density at radius 2 is 1.65 bits per heavy atom. The Hall–Kier alpha value is -3.44. The molecule has 0 atom stereocenters. The van der Waals surface area contributed by atoms with Crippen molar-refractivity contribution in [3.63, 3.8) is 0 Å². The number of carbonyl (C=O) groups is 1. The standard InChI is InChI=1S/C29H30N2O2S/c1-2-3-4-8-19-33-26-17-15-24(16-18-26)28(32)30-20-22-11-13-25(14-12-22)29-31-27(21-34-29)23-9-6-5-7-10-23/h5-7,9-18,21H,2-4,8,19-20H2,1H3,(H,30,32). The molecule has 0 bridgehead atoms. The molecule has 3 aromatic carbocycles. The van der Waals surface area contributed by atoms with Crippen molar-refractivity contribution < 1.29 is 9.53 Å². The lowest BCUT2D eigenvalue weighted by Crippen LogP contribution is -2.22. The molecule has 0 radical (unpaired) electrons. The summed E-state index contributed by atoms with van der Waals surface area (Å²) in [6.07, 6.45) is 4.71. The van der Waals surface area contributed by atoms with Crippen LogP contribution in [0.1, 0.15) is 48.5 Å². The van der Waals surface area contributed by atoms with Crippen molar-refractivity contribution in [3.8, 4) is 27.6 Å². The van der Waals surface area contributed by atoms with Crippen molar-refractivity contribution >= 4 is 17.2 Å². The van der Waals surface area contributed by atoms with Crippen molar-refractivity contribution in [1.82, 2.24) is 10.3 Å². The summed E-state index contributed by atoms with van der Waals surface area (Å²) < 4.78 is 5.75. The highest BCUT2D eigenvalue weighted by molar-refractivity contribution is 7.13. The molecule has 0 fully saturated rings. The summed E-state index contributed by atoms with van der Waals surface area (Å²) in [4.78, 5) is 17.3. The average molecular weight is 471 g/mol. The molecule has 4 rings (SSSR count). The third-order valence-corrected chi connectivity index (χ3v) is 6.50. The van der Waals surface area contributed by atoms with Gasteiger partial charge in [0.05, 0.1) is 12.3 Å². The van der Waals surface area contributed by atoms with Gasteiger partial charge >= 0.3 is 0 Å². The minimum atomic E-state index is -0.0917. The number of nitrogens with zero attached hydrogens (tertiary/aromatic N) is 1. The fraction of sp³-hybridized carbons (Fsp3) is 0.241. The first-order valence-corrected chi connectivity index (χ1v) is 12.7. The zero-order valence-electron chi connectivity index (χ0n) is 19.5. The number of ether oxygens (including phenoxy) is 1. The van der Waals surface area contributed by atoms with Gasteiger partial charge in [-0.1, -0.05) is 80.8 Å². The Morgan fingerprint density at radius 1 is 0.882 bits per heavy atom. The van der Waals surface area contributed by atoms with Crippen LogP contribution in [0.4, 0.5) is 0 Å². The lowest BCUT2D eigenvalue weighted by molar-refractivity contribution is 0.0951. The molecule has 0 aliphatic carbocycles. The zero-order valence-corrected chi connectivity index (χ0v) is 20.3. The number of rotatable bonds is 11. The maximum Gasteiger partial charge on any atom is 0.251 e. The number of aromatic nitrogens is 1. The van der Waals surface area contributed by atoms with Crippen LogP contribution in [-0.2, 0) is 6.54 Å². The molecule has 1 aromatic heterocycles. The van der Waals surface area contributed by atoms with Gasteiger partial charge in [0, 0.05) is 28.6 Å². The van der Waals surface area contributed by atoms with E-state index in [2.05, 4.69) is 41.9 Å². The number of unbranched alkanes of at least 4 members (excludes halogenated alkanes) is 3. The minimum absolute atomic E-state index is 0.0917. The molecule has 1 N–H and O–H groups in total. The molecule has 174 valence electrons. The van der Waals surface area contributed by atoms with Gasteiger partial charge in [0.1, 0.15) is 10.8 Å². The second-order valence-corrected chi connectivity index (χ2v) is 9.08. The quantitative estimate of drug-likeness (QED) is 0.233. The van der Waals surface area contributed by atoms with Crippen molar-refractivity contribution in [2.24, 2.45) is 0 Å². The molecule has 0 unspecified atom stereocenters. The molecule has 0 saturated carbocycles. The number of nitrogens with one attached hydrogen (secondary N) is 1. The van der Waals surface area contributed by atoms with E-state index in [0.29, 0.717) is 12.1 Å². The second-order valence-electron chi connectivity index (χ2n) is 8.22. The summed E-state index contributed by atoms with van der Waals surface area (Å²) in [6, 6.07) is 25.7. The van der Waals surface area contributed by atoms with Crippen LogP contribution in [0.15, 0.2) is 84.2 Å². The van der Waals surface area contributed by atoms with Crippen LogP contribution < -0.4 is 10.1 Å². The van der Waals surface area contributed by atoms with Crippen LogP contribution >= 0.6 is 11.3 Å². The largest absolute Gasteiger partial charge is 0.494 e. The van der Waals surface area contributed by atoms with E-state index >= 15 is 0 Å². The van der Waals surface area contributed by atoms with Crippen molar-refractivity contribution in [2.75, 3.05) is 6.61 Å². The highest BCUT2D eigenvalue weighted by Crippen LogP contribution is 2.29. The fourth-order valence-electron chi connectivity index (χ4n) is 3.62. The first-order valence-electron chi connectivity index (χ1n) is 11.8. The zero-order chi connectivity index (χ0) is 23.6. The summed E-state index contributed by atoms with van der Waals surface area (Å²) in [6.45, 7) is 3.39. The maximum atomic E-state index is 12.5. The number of amides is 1. The molecular formula is C29H30N2O2S. The molecule has 5 heteroatoms. The molecule has 0 aliphatic heterocycles. The number of thiazole rings is 1. The van der Waals surface area contributed by atoms with Crippen molar-refractivity contribution in [3.05, 3.63) is 95.4 Å². The summed E-state index contributed by atoms with van der Waals surface area (Å²) in [5.74, 6) is 0.715. The van der Waals surface area contributed by atoms with Crippen molar-refractivity contribution in [2.45, 2.75) is 39.2 Å². The van der Waals surface area contributed by atoms with E-state index < -0.39 is 0 Å². The van der Waals surface area contributed by atoms with E-state index in [9.17, 15) is 4.79 Å². The number of hydrogen-bond donors (Lipinski definition) is 1. The second kappa shape index (κ2) is 12.1. The number of carbonyl (C=O) groups excluding carboxylic acids is 1. The van der Waals surface area contributed by atoms with Crippen LogP contribution in [0.5, 0.6) is 5.75 Å². The molecule has 4 aromatic rings. The molecule has 0 aliphatic rings. The third-order valence-electron chi connectivity index (χ3n) is 5.61. The summed E-state index contributed by atoms with van der Waals surface area (Å²) in [5.41, 5.74) is 4.86. The predicted octanol–water partition coefficient (Wildman–Crippen LogP) is 7.37. The predicted molar refractivity (Wildman–Crippen MR) is 140 cm³/mol. The van der Waals surface area contributed by atoms with Gasteiger partial charge in [-0.05, 0) is 36.2 Å². The molecule has 1 amide bonds. The van der Waals surface area contributed by atoms with Gasteiger partial charge in [-0.2, -0.15) is 0 Å². The molecule has 0 saturated heterocycles. The monoisotopic (exact) mass is 470 g/mol. The Bertz CT molecular complexity index is 1170. The number of hydrogen-bond acceptors (Lipinski definition) is 4. The van der Waals surface area contributed by atoms with Crippen LogP contribution in [0.3, 0.4) is 0 Å². The lowest BCUT2D eigenvalue weighted by Gasteiger charge is -2.08. The van der Waals surface area contributed by atoms with E-state index in [1.165, 1.54) is 19.3 Å². The van der Waals surface area contributed by atoms with E-state index in [1.54, 1.807) is 11.3 Å². The first-order chi connectivity index (χ1) is 16.7. The van der Waals surface area contributed by atoms with Crippen molar-refractivity contribution in [1.29, 1.82) is 0 Å². The highest BCUT2D eigenvalue weighted by atomic mass is 32.1. The van der Waals surface area contributed by atoms with Gasteiger partial charge in [-0.3, -0.25) is 4.79 Å². The van der Waals surface area contributed by atoms with Gasteiger partial charge in [-0.25, -0.2) is 4.98 Å². The van der Waals surface area contributed by atoms with E-state index in [4.69, 9.17) is 9.72 Å². The molecule has 1 heterocycles. The molecular weight excluding hydrogens is 440 g/mol. The average Bonchev–Trinajstić information content (AvgIpc) is 3.39. The third kappa shape index (κ3) is 6.55. The Labute approximate surface area is 205 Å². The minimum Gasteiger partial charge on any atom is -0.494 e. The lowest BCUT2D eigenvalue weighted by atomic mass is 10.1. The Morgan fingerprint density at radius 3 is 2.38 bits per heavy atom. The smallest absolute Gasteiger partial charge is 0.251 e. The van der Waals surface area contributed by atoms with Gasteiger partial charge in [0.25, 0.3) is 5.91 Å². The summed E-state index contributed by atoms with van der Waals surface area (Å²) >= 11 is 1.64. The Balaban J connectivity index is 1.27. The van der Waals surface area contributed by atoms with Crippen LogP contribution in [0.25, 0.3) is 21.8 Å². The highest BCUT2D eigenvalue weighted by Gasteiger charge is 2.08. The number of benzene rings is 3. The Kier molecular flexibility index (Phi) is 8.47. The van der Waals surface area contributed by atoms with E-state index in [1.807, 2.05) is 54.6 Å². The maximum absolute atomic E-state index is 12.5. The first kappa shape index (κ1) is 23.7. The summed E-state index contributed by atoms with van der Waals surface area (Å²) in [7, 11) is 0. The molecule has 4 nitrogen and oxygen atoms in total. The van der Waals surface area contributed by atoms with Gasteiger partial charge in [-0.15, -0.1) is 11.3 Å². The van der Waals surface area contributed by atoms with Gasteiger partial charge in [0.2, 0.25) is 0 Å². The van der Waals surface area contributed by atoms with Crippen LogP contribution in [0.2, 0.25) is 0 Å². The normalized spacial score (nSPS) is 10.7. The van der Waals surface area contributed by atoms with Crippen LogP contribution in [-0.4, -0.2) is 17.5 Å². The summed E-state index contributed by atoms with van der Waals surface area (Å²) in [5, 5.41) is 6.07.